The van der Waals surface area contributed by atoms with Crippen molar-refractivity contribution in [1.29, 1.82) is 0 Å². The number of aliphatic hydroxyl groups excluding tert-OH is 1. The maximum absolute atomic E-state index is 13.0. The highest BCUT2D eigenvalue weighted by Crippen LogP contribution is 2.44. The van der Waals surface area contributed by atoms with E-state index in [0.717, 1.165) is 4.90 Å². The van der Waals surface area contributed by atoms with Gasteiger partial charge in [-0.2, -0.15) is 13.2 Å². The summed E-state index contributed by atoms with van der Waals surface area (Å²) in [5.74, 6) is -0.976. The van der Waals surface area contributed by atoms with Gasteiger partial charge in [-0.1, -0.05) is 0 Å². The van der Waals surface area contributed by atoms with Crippen LogP contribution in [0.4, 0.5) is 13.2 Å². The van der Waals surface area contributed by atoms with Crippen molar-refractivity contribution in [3.05, 3.63) is 0 Å². The first-order valence-electron chi connectivity index (χ1n) is 5.42. The van der Waals surface area contributed by atoms with E-state index < -0.39 is 23.6 Å². The number of halogens is 3. The zero-order valence-corrected chi connectivity index (χ0v) is 9.84. The van der Waals surface area contributed by atoms with E-state index >= 15 is 0 Å². The van der Waals surface area contributed by atoms with Gasteiger partial charge in [0.1, 0.15) is 0 Å². The van der Waals surface area contributed by atoms with Crippen LogP contribution in [0.5, 0.6) is 0 Å². The lowest BCUT2D eigenvalue weighted by Gasteiger charge is -2.33. The number of carbonyl (C=O) groups is 1. The molecule has 1 rings (SSSR count). The van der Waals surface area contributed by atoms with Crippen LogP contribution in [-0.4, -0.2) is 54.9 Å². The Morgan fingerprint density at radius 3 is 2.53 bits per heavy atom. The fourth-order valence-corrected chi connectivity index (χ4v) is 2.08. The molecular weight excluding hydrogens is 237 g/mol. The highest BCUT2D eigenvalue weighted by atomic mass is 19.4. The van der Waals surface area contributed by atoms with E-state index in [1.165, 1.54) is 14.0 Å². The molecule has 1 heterocycles. The SMILES string of the molecule is CC(O)CN(C)C(=O)C1(C(F)(F)F)CCNC1. The molecule has 0 bridgehead atoms. The van der Waals surface area contributed by atoms with Crippen LogP contribution in [0.3, 0.4) is 0 Å². The van der Waals surface area contributed by atoms with Crippen LogP contribution in [-0.2, 0) is 4.79 Å². The molecular formula is C10H17F3N2O2. The van der Waals surface area contributed by atoms with Gasteiger partial charge in [0, 0.05) is 20.1 Å². The second-order valence-electron chi connectivity index (χ2n) is 4.54. The van der Waals surface area contributed by atoms with Crippen LogP contribution in [0.15, 0.2) is 0 Å². The van der Waals surface area contributed by atoms with E-state index in [9.17, 15) is 18.0 Å². The van der Waals surface area contributed by atoms with Gasteiger partial charge in [0.25, 0.3) is 0 Å². The molecule has 2 unspecified atom stereocenters. The van der Waals surface area contributed by atoms with Crippen molar-refractivity contribution < 1.29 is 23.1 Å². The summed E-state index contributed by atoms with van der Waals surface area (Å²) in [5, 5.41) is 11.7. The van der Waals surface area contributed by atoms with Gasteiger partial charge in [-0.3, -0.25) is 4.79 Å². The lowest BCUT2D eigenvalue weighted by atomic mass is 9.84. The van der Waals surface area contributed by atoms with E-state index in [2.05, 4.69) is 5.32 Å². The van der Waals surface area contributed by atoms with Crippen molar-refractivity contribution in [3.63, 3.8) is 0 Å². The maximum atomic E-state index is 13.0. The number of nitrogens with zero attached hydrogens (tertiary/aromatic N) is 1. The molecule has 1 aliphatic rings. The van der Waals surface area contributed by atoms with Crippen molar-refractivity contribution in [1.82, 2.24) is 10.2 Å². The number of aliphatic hydroxyl groups is 1. The van der Waals surface area contributed by atoms with Gasteiger partial charge in [0.05, 0.1) is 6.10 Å². The van der Waals surface area contributed by atoms with Crippen LogP contribution in [0, 0.1) is 5.41 Å². The molecule has 2 atom stereocenters. The van der Waals surface area contributed by atoms with Crippen LogP contribution in [0.2, 0.25) is 0 Å². The van der Waals surface area contributed by atoms with Crippen LogP contribution in [0.1, 0.15) is 13.3 Å². The minimum Gasteiger partial charge on any atom is -0.392 e. The standard InChI is InChI=1S/C10H17F3N2O2/c1-7(16)5-15(2)8(17)9(10(11,12)13)3-4-14-6-9/h7,14,16H,3-6H2,1-2H3. The maximum Gasteiger partial charge on any atom is 0.404 e. The molecule has 7 heteroatoms. The molecule has 4 nitrogen and oxygen atoms in total. The Labute approximate surface area is 97.8 Å². The number of hydrogen-bond donors (Lipinski definition) is 2. The summed E-state index contributed by atoms with van der Waals surface area (Å²) in [6, 6.07) is 0. The Hall–Kier alpha value is -0.820. The molecule has 0 aromatic heterocycles. The van der Waals surface area contributed by atoms with Crippen LogP contribution >= 0.6 is 0 Å². The second-order valence-corrected chi connectivity index (χ2v) is 4.54. The van der Waals surface area contributed by atoms with Gasteiger partial charge in [-0.05, 0) is 19.9 Å². The Balaban J connectivity index is 2.89. The van der Waals surface area contributed by atoms with Crippen LogP contribution < -0.4 is 5.32 Å². The average molecular weight is 254 g/mol. The third-order valence-corrected chi connectivity index (χ3v) is 2.99. The predicted molar refractivity (Wildman–Crippen MR) is 55.3 cm³/mol. The Morgan fingerprint density at radius 2 is 2.18 bits per heavy atom. The minimum absolute atomic E-state index is 0.101. The second kappa shape index (κ2) is 4.81. The number of likely N-dealkylation sites (N-methyl/N-ethyl adjacent to an activating group) is 1. The Morgan fingerprint density at radius 1 is 1.59 bits per heavy atom. The van der Waals surface area contributed by atoms with E-state index in [-0.39, 0.29) is 26.1 Å². The summed E-state index contributed by atoms with van der Waals surface area (Å²) in [7, 11) is 1.28. The summed E-state index contributed by atoms with van der Waals surface area (Å²) < 4.78 is 39.0. The molecule has 1 fully saturated rings. The number of amides is 1. The lowest BCUT2D eigenvalue weighted by molar-refractivity contribution is -0.221. The first kappa shape index (κ1) is 14.2. The van der Waals surface area contributed by atoms with E-state index in [1.54, 1.807) is 0 Å². The number of hydrogen-bond acceptors (Lipinski definition) is 3. The molecule has 0 aromatic carbocycles. The summed E-state index contributed by atoms with van der Waals surface area (Å²) in [4.78, 5) is 12.9. The zero-order valence-electron chi connectivity index (χ0n) is 9.84. The van der Waals surface area contributed by atoms with Crippen molar-refractivity contribution in [2.45, 2.75) is 25.6 Å². The number of nitrogens with one attached hydrogen (secondary N) is 1. The van der Waals surface area contributed by atoms with Crippen molar-refractivity contribution in [2.75, 3.05) is 26.7 Å². The topological polar surface area (TPSA) is 52.6 Å². The van der Waals surface area contributed by atoms with E-state index in [4.69, 9.17) is 5.11 Å². The van der Waals surface area contributed by atoms with Crippen molar-refractivity contribution in [2.24, 2.45) is 5.41 Å². The molecule has 1 aliphatic heterocycles. The fourth-order valence-electron chi connectivity index (χ4n) is 2.08. The molecule has 2 N–H and O–H groups in total. The summed E-state index contributed by atoms with van der Waals surface area (Å²) in [6.07, 6.45) is -5.66. The van der Waals surface area contributed by atoms with Gasteiger partial charge in [-0.15, -0.1) is 0 Å². The summed E-state index contributed by atoms with van der Waals surface area (Å²) in [6.45, 7) is 1.11. The van der Waals surface area contributed by atoms with E-state index in [1.807, 2.05) is 0 Å². The number of rotatable bonds is 3. The Kier molecular flexibility index (Phi) is 4.03. The lowest BCUT2D eigenvalue weighted by Crippen LogP contribution is -2.53. The molecule has 100 valence electrons. The smallest absolute Gasteiger partial charge is 0.392 e. The highest BCUT2D eigenvalue weighted by Gasteiger charge is 2.62. The molecule has 0 saturated carbocycles. The number of alkyl halides is 3. The zero-order chi connectivity index (χ0) is 13.3. The van der Waals surface area contributed by atoms with Gasteiger partial charge >= 0.3 is 6.18 Å². The molecule has 17 heavy (non-hydrogen) atoms. The minimum atomic E-state index is -4.57. The Bertz CT molecular complexity index is 286. The third-order valence-electron chi connectivity index (χ3n) is 2.99. The first-order chi connectivity index (χ1) is 7.71. The van der Waals surface area contributed by atoms with Gasteiger partial charge in [-0.25, -0.2) is 0 Å². The largest absolute Gasteiger partial charge is 0.404 e. The molecule has 0 aliphatic carbocycles. The molecule has 0 aromatic rings. The van der Waals surface area contributed by atoms with Gasteiger partial charge in [0.15, 0.2) is 5.41 Å². The molecule has 1 saturated heterocycles. The fraction of sp³-hybridized carbons (Fsp3) is 0.900. The van der Waals surface area contributed by atoms with Gasteiger partial charge in [0.2, 0.25) is 5.91 Å². The first-order valence-corrected chi connectivity index (χ1v) is 5.42. The quantitative estimate of drug-likeness (QED) is 0.765. The normalized spacial score (nSPS) is 26.9. The monoisotopic (exact) mass is 254 g/mol. The molecule has 1 amide bonds. The van der Waals surface area contributed by atoms with Crippen molar-refractivity contribution in [3.8, 4) is 0 Å². The van der Waals surface area contributed by atoms with E-state index in [0.29, 0.717) is 0 Å². The van der Waals surface area contributed by atoms with Gasteiger partial charge < -0.3 is 15.3 Å². The molecule has 0 radical (unpaired) electrons. The predicted octanol–water partition coefficient (Wildman–Crippen LogP) is 0.368. The summed E-state index contributed by atoms with van der Waals surface area (Å²) >= 11 is 0. The van der Waals surface area contributed by atoms with Crippen LogP contribution in [0.25, 0.3) is 0 Å². The number of carbonyl (C=O) groups excluding carboxylic acids is 1. The highest BCUT2D eigenvalue weighted by molar-refractivity contribution is 5.84. The third kappa shape index (κ3) is 2.71. The molecule has 0 spiro atoms. The average Bonchev–Trinajstić information content (AvgIpc) is 2.63. The van der Waals surface area contributed by atoms with Crippen molar-refractivity contribution >= 4 is 5.91 Å². The summed E-state index contributed by atoms with van der Waals surface area (Å²) in [5.41, 5.74) is -2.34.